The summed E-state index contributed by atoms with van der Waals surface area (Å²) in [6, 6.07) is 9.65. The predicted octanol–water partition coefficient (Wildman–Crippen LogP) is 0.666. The van der Waals surface area contributed by atoms with E-state index in [1.54, 1.807) is 11.0 Å². The van der Waals surface area contributed by atoms with E-state index in [4.69, 9.17) is 5.73 Å². The number of nitrogens with zero attached hydrogens (tertiary/aromatic N) is 1. The summed E-state index contributed by atoms with van der Waals surface area (Å²) in [7, 11) is 0. The van der Waals surface area contributed by atoms with Gasteiger partial charge in [0.05, 0.1) is 6.54 Å². The molecule has 0 aromatic heterocycles. The summed E-state index contributed by atoms with van der Waals surface area (Å²) in [6.45, 7) is 5.18. The Morgan fingerprint density at radius 2 is 2.00 bits per heavy atom. The third-order valence-electron chi connectivity index (χ3n) is 2.76. The average molecular weight is 275 g/mol. The standard InChI is InChI=1S/C15H21N3O2/c1-2-9-17-11-15(20)18(10-8-14(16)19)12-13-6-4-3-5-7-13/h2-7,17H,1,8-12H2,(H2,16,19). The van der Waals surface area contributed by atoms with Crippen LogP contribution in [0.25, 0.3) is 0 Å². The molecule has 0 bridgehead atoms. The van der Waals surface area contributed by atoms with E-state index in [1.165, 1.54) is 0 Å². The van der Waals surface area contributed by atoms with Crippen LogP contribution in [-0.4, -0.2) is 36.3 Å². The lowest BCUT2D eigenvalue weighted by molar-refractivity contribution is -0.131. The fraction of sp³-hybridized carbons (Fsp3) is 0.333. The normalized spacial score (nSPS) is 10.0. The van der Waals surface area contributed by atoms with Crippen LogP contribution in [0.5, 0.6) is 0 Å². The molecule has 0 radical (unpaired) electrons. The molecular formula is C15H21N3O2. The highest BCUT2D eigenvalue weighted by molar-refractivity contribution is 5.79. The molecule has 0 heterocycles. The summed E-state index contributed by atoms with van der Waals surface area (Å²) in [6.07, 6.45) is 1.86. The van der Waals surface area contributed by atoms with Gasteiger partial charge in [-0.25, -0.2) is 0 Å². The van der Waals surface area contributed by atoms with Crippen LogP contribution in [-0.2, 0) is 16.1 Å². The van der Waals surface area contributed by atoms with Crippen LogP contribution in [0.4, 0.5) is 0 Å². The molecule has 0 aliphatic heterocycles. The molecular weight excluding hydrogens is 254 g/mol. The van der Waals surface area contributed by atoms with Gasteiger partial charge >= 0.3 is 0 Å². The van der Waals surface area contributed by atoms with Crippen molar-refractivity contribution in [1.29, 1.82) is 0 Å². The molecule has 2 amide bonds. The zero-order valence-electron chi connectivity index (χ0n) is 11.5. The fourth-order valence-electron chi connectivity index (χ4n) is 1.73. The zero-order valence-corrected chi connectivity index (χ0v) is 11.5. The third-order valence-corrected chi connectivity index (χ3v) is 2.76. The van der Waals surface area contributed by atoms with Crippen LogP contribution in [0.15, 0.2) is 43.0 Å². The first kappa shape index (κ1) is 15.9. The van der Waals surface area contributed by atoms with Gasteiger partial charge in [0.1, 0.15) is 0 Å². The molecule has 0 aliphatic rings. The number of primary amides is 1. The molecule has 0 saturated carbocycles. The number of hydrogen-bond donors (Lipinski definition) is 2. The Bertz CT molecular complexity index is 446. The molecule has 0 saturated heterocycles. The van der Waals surface area contributed by atoms with E-state index >= 15 is 0 Å². The van der Waals surface area contributed by atoms with Gasteiger partial charge in [0, 0.05) is 26.1 Å². The largest absolute Gasteiger partial charge is 0.370 e. The van der Waals surface area contributed by atoms with Crippen molar-refractivity contribution in [3.05, 3.63) is 48.6 Å². The summed E-state index contributed by atoms with van der Waals surface area (Å²) in [4.78, 5) is 24.6. The van der Waals surface area contributed by atoms with Gasteiger partial charge in [-0.15, -0.1) is 6.58 Å². The Morgan fingerprint density at radius 1 is 1.30 bits per heavy atom. The summed E-state index contributed by atoms with van der Waals surface area (Å²) in [5.41, 5.74) is 6.17. The number of benzene rings is 1. The first-order valence-electron chi connectivity index (χ1n) is 6.55. The molecule has 0 spiro atoms. The predicted molar refractivity (Wildman–Crippen MR) is 78.7 cm³/mol. The van der Waals surface area contributed by atoms with Crippen molar-refractivity contribution in [2.75, 3.05) is 19.6 Å². The number of carbonyl (C=O) groups is 2. The van der Waals surface area contributed by atoms with Crippen LogP contribution >= 0.6 is 0 Å². The molecule has 3 N–H and O–H groups in total. The van der Waals surface area contributed by atoms with Crippen molar-refractivity contribution >= 4 is 11.8 Å². The maximum Gasteiger partial charge on any atom is 0.236 e. The van der Waals surface area contributed by atoms with Crippen LogP contribution in [0.2, 0.25) is 0 Å². The van der Waals surface area contributed by atoms with Crippen LogP contribution in [0.3, 0.4) is 0 Å². The quantitative estimate of drug-likeness (QED) is 0.513. The van der Waals surface area contributed by atoms with E-state index in [0.717, 1.165) is 5.56 Å². The molecule has 5 heteroatoms. The van der Waals surface area contributed by atoms with Crippen LogP contribution in [0, 0.1) is 0 Å². The Labute approximate surface area is 119 Å². The van der Waals surface area contributed by atoms with Crippen molar-refractivity contribution in [2.45, 2.75) is 13.0 Å². The molecule has 0 atom stereocenters. The lowest BCUT2D eigenvalue weighted by Gasteiger charge is -2.22. The minimum absolute atomic E-state index is 0.0584. The lowest BCUT2D eigenvalue weighted by Crippen LogP contribution is -2.39. The molecule has 0 unspecified atom stereocenters. The topological polar surface area (TPSA) is 75.4 Å². The van der Waals surface area contributed by atoms with Gasteiger partial charge in [0.15, 0.2) is 0 Å². The van der Waals surface area contributed by atoms with E-state index in [-0.39, 0.29) is 18.9 Å². The van der Waals surface area contributed by atoms with Gasteiger partial charge in [-0.3, -0.25) is 9.59 Å². The van der Waals surface area contributed by atoms with E-state index < -0.39 is 5.91 Å². The second kappa shape index (κ2) is 8.87. The molecule has 108 valence electrons. The molecule has 0 aliphatic carbocycles. The minimum atomic E-state index is -0.407. The van der Waals surface area contributed by atoms with Gasteiger partial charge in [-0.2, -0.15) is 0 Å². The first-order valence-corrected chi connectivity index (χ1v) is 6.55. The van der Waals surface area contributed by atoms with Crippen molar-refractivity contribution in [1.82, 2.24) is 10.2 Å². The van der Waals surface area contributed by atoms with E-state index in [1.807, 2.05) is 30.3 Å². The zero-order chi connectivity index (χ0) is 14.8. The maximum absolute atomic E-state index is 12.1. The van der Waals surface area contributed by atoms with Crippen molar-refractivity contribution in [3.63, 3.8) is 0 Å². The number of rotatable bonds is 9. The van der Waals surface area contributed by atoms with E-state index in [0.29, 0.717) is 19.6 Å². The fourth-order valence-corrected chi connectivity index (χ4v) is 1.73. The van der Waals surface area contributed by atoms with Crippen LogP contribution in [0.1, 0.15) is 12.0 Å². The second-order valence-corrected chi connectivity index (χ2v) is 4.44. The Morgan fingerprint density at radius 3 is 2.60 bits per heavy atom. The Balaban J connectivity index is 2.61. The van der Waals surface area contributed by atoms with Gasteiger partial charge in [-0.1, -0.05) is 36.4 Å². The summed E-state index contributed by atoms with van der Waals surface area (Å²) in [5.74, 6) is -0.466. The monoisotopic (exact) mass is 275 g/mol. The van der Waals surface area contributed by atoms with Gasteiger partial charge in [-0.05, 0) is 5.56 Å². The van der Waals surface area contributed by atoms with Crippen LogP contribution < -0.4 is 11.1 Å². The third kappa shape index (κ3) is 6.15. The first-order chi connectivity index (χ1) is 9.63. The van der Waals surface area contributed by atoms with E-state index in [2.05, 4.69) is 11.9 Å². The summed E-state index contributed by atoms with van der Waals surface area (Å²) >= 11 is 0. The van der Waals surface area contributed by atoms with Crippen molar-refractivity contribution < 1.29 is 9.59 Å². The summed E-state index contributed by atoms with van der Waals surface area (Å²) < 4.78 is 0. The van der Waals surface area contributed by atoms with E-state index in [9.17, 15) is 9.59 Å². The molecule has 1 aromatic carbocycles. The smallest absolute Gasteiger partial charge is 0.236 e. The van der Waals surface area contributed by atoms with Crippen molar-refractivity contribution in [2.24, 2.45) is 5.73 Å². The molecule has 1 rings (SSSR count). The van der Waals surface area contributed by atoms with Gasteiger partial charge in [0.2, 0.25) is 11.8 Å². The number of amides is 2. The Kier molecular flexibility index (Phi) is 7.06. The number of nitrogens with two attached hydrogens (primary N) is 1. The molecule has 1 aromatic rings. The van der Waals surface area contributed by atoms with Crippen molar-refractivity contribution in [3.8, 4) is 0 Å². The summed E-state index contributed by atoms with van der Waals surface area (Å²) in [5, 5.41) is 2.96. The lowest BCUT2D eigenvalue weighted by atomic mass is 10.2. The highest BCUT2D eigenvalue weighted by Crippen LogP contribution is 2.05. The second-order valence-electron chi connectivity index (χ2n) is 4.44. The maximum atomic E-state index is 12.1. The molecule has 0 fully saturated rings. The Hall–Kier alpha value is -2.14. The van der Waals surface area contributed by atoms with Gasteiger partial charge < -0.3 is 16.0 Å². The number of carbonyl (C=O) groups excluding carboxylic acids is 2. The molecule has 20 heavy (non-hydrogen) atoms. The average Bonchev–Trinajstić information content (AvgIpc) is 2.44. The van der Waals surface area contributed by atoms with Gasteiger partial charge in [0.25, 0.3) is 0 Å². The molecule has 5 nitrogen and oxygen atoms in total. The highest BCUT2D eigenvalue weighted by Gasteiger charge is 2.14. The number of nitrogens with one attached hydrogen (secondary N) is 1. The SMILES string of the molecule is C=CCNCC(=O)N(CCC(N)=O)Cc1ccccc1. The highest BCUT2D eigenvalue weighted by atomic mass is 16.2. The number of hydrogen-bond acceptors (Lipinski definition) is 3. The minimum Gasteiger partial charge on any atom is -0.370 e.